The molecular weight excluding hydrogens is 304 g/mol. The van der Waals surface area contributed by atoms with Crippen LogP contribution in [0.3, 0.4) is 0 Å². The number of aryl methyl sites for hydroxylation is 1. The Morgan fingerprint density at radius 3 is 2.62 bits per heavy atom. The van der Waals surface area contributed by atoms with Crippen LogP contribution in [0.5, 0.6) is 0 Å². The smallest absolute Gasteiger partial charge is 0.336 e. The zero-order valence-corrected chi connectivity index (χ0v) is 14.9. The Labute approximate surface area is 142 Å². The number of hydrogen-bond donors (Lipinski definition) is 1. The van der Waals surface area contributed by atoms with Crippen LogP contribution in [0.1, 0.15) is 38.8 Å². The van der Waals surface area contributed by atoms with Crippen LogP contribution in [-0.4, -0.2) is 29.9 Å². The van der Waals surface area contributed by atoms with Gasteiger partial charge in [-0.2, -0.15) is 0 Å². The molecule has 130 valence electrons. The number of likely N-dealkylation sites (N-methyl/N-ethyl adjacent to an activating group) is 1. The van der Waals surface area contributed by atoms with Crippen molar-refractivity contribution in [3.8, 4) is 0 Å². The fourth-order valence-electron chi connectivity index (χ4n) is 2.72. The van der Waals surface area contributed by atoms with E-state index in [-0.39, 0.29) is 17.6 Å². The SMILES string of the molecule is CCc1ccc2c(CN(CC)CC(=O)NC(C)C)cc(=O)oc2c1. The number of carbonyl (C=O) groups excluding carboxylic acids is 1. The van der Waals surface area contributed by atoms with Crippen LogP contribution in [0.2, 0.25) is 0 Å². The molecule has 1 aromatic heterocycles. The minimum atomic E-state index is -0.353. The van der Waals surface area contributed by atoms with Crippen molar-refractivity contribution < 1.29 is 9.21 Å². The first-order chi connectivity index (χ1) is 11.4. The van der Waals surface area contributed by atoms with Gasteiger partial charge in [-0.05, 0) is 44.0 Å². The normalized spacial score (nSPS) is 11.4. The lowest BCUT2D eigenvalue weighted by molar-refractivity contribution is -0.122. The highest BCUT2D eigenvalue weighted by Gasteiger charge is 2.13. The molecular formula is C19H26N2O3. The average Bonchev–Trinajstić information content (AvgIpc) is 2.52. The molecule has 0 saturated carbocycles. The van der Waals surface area contributed by atoms with Gasteiger partial charge in [-0.1, -0.05) is 26.0 Å². The predicted octanol–water partition coefficient (Wildman–Crippen LogP) is 2.70. The number of amides is 1. The van der Waals surface area contributed by atoms with Crippen LogP contribution in [0.15, 0.2) is 33.5 Å². The fourth-order valence-corrected chi connectivity index (χ4v) is 2.72. The van der Waals surface area contributed by atoms with Crippen molar-refractivity contribution in [1.29, 1.82) is 0 Å². The summed E-state index contributed by atoms with van der Waals surface area (Å²) in [7, 11) is 0. The molecule has 1 heterocycles. The highest BCUT2D eigenvalue weighted by atomic mass is 16.4. The lowest BCUT2D eigenvalue weighted by atomic mass is 10.1. The molecule has 24 heavy (non-hydrogen) atoms. The molecule has 0 radical (unpaired) electrons. The molecule has 0 aliphatic heterocycles. The maximum absolute atomic E-state index is 12.0. The molecule has 0 unspecified atom stereocenters. The molecule has 0 bridgehead atoms. The molecule has 0 aliphatic carbocycles. The molecule has 1 amide bonds. The summed E-state index contributed by atoms with van der Waals surface area (Å²) < 4.78 is 5.34. The van der Waals surface area contributed by atoms with Gasteiger partial charge < -0.3 is 9.73 Å². The van der Waals surface area contributed by atoms with Crippen LogP contribution in [-0.2, 0) is 17.8 Å². The molecule has 2 aromatic rings. The molecule has 1 aromatic carbocycles. The largest absolute Gasteiger partial charge is 0.423 e. The number of nitrogens with zero attached hydrogens (tertiary/aromatic N) is 1. The third kappa shape index (κ3) is 4.68. The Bertz CT molecular complexity index is 765. The molecule has 5 heteroatoms. The minimum Gasteiger partial charge on any atom is -0.423 e. The summed E-state index contributed by atoms with van der Waals surface area (Å²) in [6.45, 7) is 9.52. The Morgan fingerprint density at radius 2 is 2.00 bits per heavy atom. The topological polar surface area (TPSA) is 62.6 Å². The van der Waals surface area contributed by atoms with Crippen LogP contribution >= 0.6 is 0 Å². The van der Waals surface area contributed by atoms with E-state index >= 15 is 0 Å². The van der Waals surface area contributed by atoms with Gasteiger partial charge in [0.1, 0.15) is 5.58 Å². The van der Waals surface area contributed by atoms with Gasteiger partial charge in [0, 0.05) is 24.0 Å². The summed E-state index contributed by atoms with van der Waals surface area (Å²) in [5.41, 5.74) is 2.28. The minimum absolute atomic E-state index is 0.00705. The van der Waals surface area contributed by atoms with Gasteiger partial charge in [-0.25, -0.2) is 4.79 Å². The maximum atomic E-state index is 12.0. The summed E-state index contributed by atoms with van der Waals surface area (Å²) in [5, 5.41) is 3.82. The lowest BCUT2D eigenvalue weighted by Crippen LogP contribution is -2.39. The summed E-state index contributed by atoms with van der Waals surface area (Å²) in [4.78, 5) is 25.9. The zero-order valence-electron chi connectivity index (χ0n) is 14.9. The van der Waals surface area contributed by atoms with E-state index in [4.69, 9.17) is 4.42 Å². The van der Waals surface area contributed by atoms with Gasteiger partial charge in [0.05, 0.1) is 6.54 Å². The molecule has 0 fully saturated rings. The van der Waals surface area contributed by atoms with Gasteiger partial charge in [0.25, 0.3) is 0 Å². The van der Waals surface area contributed by atoms with Crippen molar-refractivity contribution in [3.05, 3.63) is 45.8 Å². The van der Waals surface area contributed by atoms with Crippen molar-refractivity contribution >= 4 is 16.9 Å². The monoisotopic (exact) mass is 330 g/mol. The molecule has 5 nitrogen and oxygen atoms in total. The summed E-state index contributed by atoms with van der Waals surface area (Å²) in [6, 6.07) is 7.61. The molecule has 1 N–H and O–H groups in total. The zero-order chi connectivity index (χ0) is 17.7. The molecule has 0 atom stereocenters. The molecule has 0 aliphatic rings. The van der Waals surface area contributed by atoms with Crippen LogP contribution < -0.4 is 10.9 Å². The second kappa shape index (κ2) is 8.11. The van der Waals surface area contributed by atoms with Crippen molar-refractivity contribution in [2.24, 2.45) is 0 Å². The van der Waals surface area contributed by atoms with Crippen molar-refractivity contribution in [2.45, 2.75) is 46.7 Å². The van der Waals surface area contributed by atoms with Gasteiger partial charge in [-0.15, -0.1) is 0 Å². The summed E-state index contributed by atoms with van der Waals surface area (Å²) in [5.74, 6) is -0.00705. The molecule has 0 saturated heterocycles. The van der Waals surface area contributed by atoms with Crippen LogP contribution in [0.25, 0.3) is 11.0 Å². The van der Waals surface area contributed by atoms with Gasteiger partial charge in [-0.3, -0.25) is 9.69 Å². The maximum Gasteiger partial charge on any atom is 0.336 e. The van der Waals surface area contributed by atoms with E-state index < -0.39 is 0 Å². The number of hydrogen-bond acceptors (Lipinski definition) is 4. The fraction of sp³-hybridized carbons (Fsp3) is 0.474. The third-order valence-electron chi connectivity index (χ3n) is 3.96. The second-order valence-electron chi connectivity index (χ2n) is 6.30. The van der Waals surface area contributed by atoms with Crippen LogP contribution in [0.4, 0.5) is 0 Å². The lowest BCUT2D eigenvalue weighted by Gasteiger charge is -2.21. The average molecular weight is 330 g/mol. The van der Waals surface area contributed by atoms with E-state index in [1.165, 1.54) is 6.07 Å². The van der Waals surface area contributed by atoms with Crippen molar-refractivity contribution in [3.63, 3.8) is 0 Å². The predicted molar refractivity (Wildman–Crippen MR) is 96.1 cm³/mol. The first kappa shape index (κ1) is 18.2. The van der Waals surface area contributed by atoms with E-state index in [1.54, 1.807) is 0 Å². The Balaban J connectivity index is 2.27. The number of benzene rings is 1. The Hall–Kier alpha value is -2.14. The third-order valence-corrected chi connectivity index (χ3v) is 3.96. The van der Waals surface area contributed by atoms with Crippen molar-refractivity contribution in [2.75, 3.05) is 13.1 Å². The highest BCUT2D eigenvalue weighted by Crippen LogP contribution is 2.20. The summed E-state index contributed by atoms with van der Waals surface area (Å²) >= 11 is 0. The van der Waals surface area contributed by atoms with Gasteiger partial charge >= 0.3 is 5.63 Å². The Kier molecular flexibility index (Phi) is 6.15. The molecule has 0 spiro atoms. The van der Waals surface area contributed by atoms with Crippen molar-refractivity contribution in [1.82, 2.24) is 10.2 Å². The number of rotatable bonds is 7. The number of fused-ring (bicyclic) bond motifs is 1. The van der Waals surface area contributed by atoms with E-state index in [0.29, 0.717) is 18.7 Å². The highest BCUT2D eigenvalue weighted by molar-refractivity contribution is 5.81. The van der Waals surface area contributed by atoms with Crippen LogP contribution in [0, 0.1) is 0 Å². The van der Waals surface area contributed by atoms with Gasteiger partial charge in [0.2, 0.25) is 5.91 Å². The Morgan fingerprint density at radius 1 is 1.25 bits per heavy atom. The van der Waals surface area contributed by atoms with Gasteiger partial charge in [0.15, 0.2) is 0 Å². The molecule has 2 rings (SSSR count). The number of carbonyl (C=O) groups is 1. The summed E-state index contributed by atoms with van der Waals surface area (Å²) in [6.07, 6.45) is 0.889. The van der Waals surface area contributed by atoms with E-state index in [2.05, 4.69) is 12.2 Å². The first-order valence-electron chi connectivity index (χ1n) is 8.50. The quantitative estimate of drug-likeness (QED) is 0.793. The van der Waals surface area contributed by atoms with E-state index in [9.17, 15) is 9.59 Å². The van der Waals surface area contributed by atoms with E-state index in [0.717, 1.165) is 29.5 Å². The van der Waals surface area contributed by atoms with E-state index in [1.807, 2.05) is 43.9 Å². The standard InChI is InChI=1S/C19H26N2O3/c1-5-14-7-8-16-15(10-19(23)24-17(16)9-14)11-21(6-2)12-18(22)20-13(3)4/h7-10,13H,5-6,11-12H2,1-4H3,(H,20,22). The second-order valence-corrected chi connectivity index (χ2v) is 6.30. The number of nitrogens with one attached hydrogen (secondary N) is 1. The first-order valence-corrected chi connectivity index (χ1v) is 8.50.